The fraction of sp³-hybridized carbons (Fsp3) is 0.0400. The molecular weight excluding hydrogens is 440 g/mol. The molecule has 0 saturated heterocycles. The van der Waals surface area contributed by atoms with Crippen LogP contribution in [0.15, 0.2) is 101 Å². The van der Waals surface area contributed by atoms with Gasteiger partial charge in [0, 0.05) is 23.2 Å². The molecule has 0 saturated carbocycles. The van der Waals surface area contributed by atoms with E-state index in [4.69, 9.17) is 8.92 Å². The lowest BCUT2D eigenvalue weighted by Gasteiger charge is -2.09. The Balaban J connectivity index is 1.59. The molecule has 1 aliphatic rings. The molecule has 0 aliphatic carbocycles. The molecule has 0 atom stereocenters. The number of carbonyl (C=O) groups is 1. The minimum absolute atomic E-state index is 0.0211. The topological polar surface area (TPSA) is 87.0 Å². The number of carbonyl (C=O) groups excluding carboxylic acids is 1. The summed E-state index contributed by atoms with van der Waals surface area (Å²) in [5.74, 6) is -0.433. The molecule has 0 fully saturated rings. The third kappa shape index (κ3) is 4.04. The summed E-state index contributed by atoms with van der Waals surface area (Å²) in [6.07, 6.45) is 1.42. The molecular formula is C25H18N2O5S. The van der Waals surface area contributed by atoms with Gasteiger partial charge in [-0.3, -0.25) is 4.57 Å². The molecule has 7 nitrogen and oxygen atoms in total. The van der Waals surface area contributed by atoms with Crippen molar-refractivity contribution in [3.05, 3.63) is 102 Å². The molecule has 0 unspecified atom stereocenters. The van der Waals surface area contributed by atoms with E-state index in [2.05, 4.69) is 4.99 Å². The second-order valence-corrected chi connectivity index (χ2v) is 9.00. The first kappa shape index (κ1) is 20.7. The third-order valence-electron chi connectivity index (χ3n) is 5.11. The normalized spacial score (nSPS) is 15.0. The van der Waals surface area contributed by atoms with E-state index in [1.807, 2.05) is 37.3 Å². The van der Waals surface area contributed by atoms with Crippen LogP contribution < -0.4 is 4.18 Å². The predicted molar refractivity (Wildman–Crippen MR) is 124 cm³/mol. The molecule has 8 heteroatoms. The summed E-state index contributed by atoms with van der Waals surface area (Å²) >= 11 is 0. The largest absolute Gasteiger partial charge is 0.402 e. The molecule has 164 valence electrons. The van der Waals surface area contributed by atoms with Crippen molar-refractivity contribution >= 4 is 39.1 Å². The van der Waals surface area contributed by atoms with Gasteiger partial charge < -0.3 is 8.92 Å². The zero-order valence-corrected chi connectivity index (χ0v) is 18.3. The molecule has 4 aromatic rings. The Hall–Kier alpha value is -4.17. The summed E-state index contributed by atoms with van der Waals surface area (Å²) in [5.41, 5.74) is 2.26. The number of nitrogens with zero attached hydrogens (tertiary/aromatic N) is 2. The highest BCUT2D eigenvalue weighted by Gasteiger charge is 2.26. The summed E-state index contributed by atoms with van der Waals surface area (Å²) in [7, 11) is -4.10. The average molecular weight is 458 g/mol. The van der Waals surface area contributed by atoms with Gasteiger partial charge >= 0.3 is 16.1 Å². The summed E-state index contributed by atoms with van der Waals surface area (Å²) in [5, 5.41) is 0.738. The quantitative estimate of drug-likeness (QED) is 0.249. The van der Waals surface area contributed by atoms with Crippen LogP contribution in [-0.4, -0.2) is 24.9 Å². The van der Waals surface area contributed by atoms with Crippen molar-refractivity contribution in [3.63, 3.8) is 0 Å². The third-order valence-corrected chi connectivity index (χ3v) is 6.35. The molecule has 0 bridgehead atoms. The maximum Gasteiger partial charge on any atom is 0.365 e. The van der Waals surface area contributed by atoms with Crippen LogP contribution in [0.5, 0.6) is 5.88 Å². The highest BCUT2D eigenvalue weighted by Crippen LogP contribution is 2.30. The van der Waals surface area contributed by atoms with Crippen LogP contribution in [0.3, 0.4) is 0 Å². The fourth-order valence-corrected chi connectivity index (χ4v) is 4.36. The van der Waals surface area contributed by atoms with E-state index in [9.17, 15) is 13.2 Å². The van der Waals surface area contributed by atoms with Gasteiger partial charge in [0.05, 0.1) is 5.52 Å². The first-order chi connectivity index (χ1) is 15.9. The summed E-state index contributed by atoms with van der Waals surface area (Å²) in [6.45, 7) is 1.87. The SMILES string of the molecule is Cc1ccc(S(=O)(=O)Oc2cc3ccccc3n2/C=C2\N=C(c3ccccc3)OC2=O)cc1. The van der Waals surface area contributed by atoms with Crippen molar-refractivity contribution in [3.8, 4) is 5.88 Å². The number of cyclic esters (lactones) is 1. The van der Waals surface area contributed by atoms with Crippen molar-refractivity contribution < 1.29 is 22.1 Å². The Morgan fingerprint density at radius 3 is 2.39 bits per heavy atom. The monoisotopic (exact) mass is 458 g/mol. The summed E-state index contributed by atoms with van der Waals surface area (Å²) in [6, 6.07) is 24.2. The van der Waals surface area contributed by atoms with E-state index >= 15 is 0 Å². The van der Waals surface area contributed by atoms with Crippen molar-refractivity contribution in [1.29, 1.82) is 0 Å². The minimum Gasteiger partial charge on any atom is -0.402 e. The van der Waals surface area contributed by atoms with Crippen LogP contribution in [0.2, 0.25) is 0 Å². The van der Waals surface area contributed by atoms with Crippen molar-refractivity contribution in [2.45, 2.75) is 11.8 Å². The van der Waals surface area contributed by atoms with Crippen molar-refractivity contribution in [2.75, 3.05) is 0 Å². The van der Waals surface area contributed by atoms with Gasteiger partial charge in [-0.15, -0.1) is 0 Å². The van der Waals surface area contributed by atoms with E-state index in [1.165, 1.54) is 22.9 Å². The van der Waals surface area contributed by atoms with Crippen LogP contribution in [0.1, 0.15) is 11.1 Å². The molecule has 33 heavy (non-hydrogen) atoms. The maximum absolute atomic E-state index is 12.9. The lowest BCUT2D eigenvalue weighted by Crippen LogP contribution is -2.12. The zero-order valence-electron chi connectivity index (χ0n) is 17.5. The van der Waals surface area contributed by atoms with Crippen molar-refractivity contribution in [1.82, 2.24) is 4.57 Å². The molecule has 0 amide bonds. The molecule has 5 rings (SSSR count). The number of esters is 1. The van der Waals surface area contributed by atoms with Gasteiger partial charge in [-0.1, -0.05) is 54.1 Å². The molecule has 0 radical (unpaired) electrons. The Morgan fingerprint density at radius 1 is 0.939 bits per heavy atom. The first-order valence-electron chi connectivity index (χ1n) is 10.1. The van der Waals surface area contributed by atoms with Crippen molar-refractivity contribution in [2.24, 2.45) is 4.99 Å². The Kier molecular flexibility index (Phi) is 5.07. The standard InChI is InChI=1S/C25H18N2O5S/c1-17-11-13-20(14-12-17)33(29,30)32-23-15-19-9-5-6-10-22(19)27(23)16-21-25(28)31-24(26-21)18-7-3-2-4-8-18/h2-16H,1H3/b21-16-. The van der Waals surface area contributed by atoms with Crippen LogP contribution >= 0.6 is 0 Å². The van der Waals surface area contributed by atoms with Crippen LogP contribution in [0.25, 0.3) is 17.1 Å². The Bertz CT molecular complexity index is 1530. The van der Waals surface area contributed by atoms with E-state index in [-0.39, 0.29) is 22.4 Å². The van der Waals surface area contributed by atoms with Gasteiger partial charge in [-0.25, -0.2) is 9.79 Å². The molecule has 3 aromatic carbocycles. The van der Waals surface area contributed by atoms with Gasteiger partial charge in [-0.05, 0) is 37.3 Å². The van der Waals surface area contributed by atoms with Gasteiger partial charge in [-0.2, -0.15) is 8.42 Å². The number of benzene rings is 3. The van der Waals surface area contributed by atoms with Crippen LogP contribution in [0, 0.1) is 6.92 Å². The number of aromatic nitrogens is 1. The minimum atomic E-state index is -4.10. The highest BCUT2D eigenvalue weighted by atomic mass is 32.2. The number of hydrogen-bond donors (Lipinski definition) is 0. The van der Waals surface area contributed by atoms with Gasteiger partial charge in [0.1, 0.15) is 4.90 Å². The Morgan fingerprint density at radius 2 is 1.64 bits per heavy atom. The number of hydrogen-bond acceptors (Lipinski definition) is 6. The van der Waals surface area contributed by atoms with E-state index in [1.54, 1.807) is 42.5 Å². The molecule has 0 N–H and O–H groups in total. The number of aliphatic imine (C=N–C) groups is 1. The van der Waals surface area contributed by atoms with Gasteiger partial charge in [0.15, 0.2) is 5.70 Å². The highest BCUT2D eigenvalue weighted by molar-refractivity contribution is 7.87. The van der Waals surface area contributed by atoms with Crippen LogP contribution in [0.4, 0.5) is 0 Å². The number of aryl methyl sites for hydroxylation is 1. The Labute approximate surface area is 190 Å². The smallest absolute Gasteiger partial charge is 0.365 e. The number of fused-ring (bicyclic) bond motifs is 1. The van der Waals surface area contributed by atoms with E-state index in [0.29, 0.717) is 11.1 Å². The number of ether oxygens (including phenoxy) is 1. The molecule has 1 aromatic heterocycles. The first-order valence-corrected chi connectivity index (χ1v) is 11.5. The lowest BCUT2D eigenvalue weighted by molar-refractivity contribution is -0.129. The van der Waals surface area contributed by atoms with Gasteiger partial charge in [0.25, 0.3) is 0 Å². The average Bonchev–Trinajstić information content (AvgIpc) is 3.35. The summed E-state index contributed by atoms with van der Waals surface area (Å²) < 4.78 is 38.1. The molecule has 0 spiro atoms. The number of rotatable bonds is 5. The van der Waals surface area contributed by atoms with Gasteiger partial charge in [0.2, 0.25) is 11.8 Å². The zero-order chi connectivity index (χ0) is 23.0. The maximum atomic E-state index is 12.9. The lowest BCUT2D eigenvalue weighted by atomic mass is 10.2. The fourth-order valence-electron chi connectivity index (χ4n) is 3.44. The predicted octanol–water partition coefficient (Wildman–Crippen LogP) is 4.52. The number of para-hydroxylation sites is 1. The molecule has 1 aliphatic heterocycles. The second kappa shape index (κ2) is 8.07. The van der Waals surface area contributed by atoms with E-state index < -0.39 is 16.1 Å². The summed E-state index contributed by atoms with van der Waals surface area (Å²) in [4.78, 5) is 16.8. The van der Waals surface area contributed by atoms with Crippen LogP contribution in [-0.2, 0) is 19.6 Å². The van der Waals surface area contributed by atoms with E-state index in [0.717, 1.165) is 10.9 Å². The second-order valence-electron chi connectivity index (χ2n) is 7.45. The molecule has 2 heterocycles.